The maximum atomic E-state index is 14.2. The zero-order chi connectivity index (χ0) is 31.3. The fourth-order valence-corrected chi connectivity index (χ4v) is 4.17. The molecule has 0 bridgehead atoms. The maximum Gasteiger partial charge on any atom is 0.510 e. The first kappa shape index (κ1) is 37.4. The van der Waals surface area contributed by atoms with Crippen LogP contribution in [0.5, 0.6) is 0 Å². The molecule has 0 saturated heterocycles. The second-order valence-electron chi connectivity index (χ2n) is 11.4. The van der Waals surface area contributed by atoms with E-state index in [1.165, 1.54) is 7.05 Å². The SMILES string of the molecule is CCCOC(=O)OC(OP(=O)(N=C(N)N(C)CC(=O)OC(C)C)OC(OC(=O)OCCC)C(C)(C)C)C(C)(C)C. The summed E-state index contributed by atoms with van der Waals surface area (Å²) in [5, 5.41) is 0. The van der Waals surface area contributed by atoms with Gasteiger partial charge in [0.2, 0.25) is 18.5 Å². The Balaban J connectivity index is 6.45. The van der Waals surface area contributed by atoms with E-state index in [0.29, 0.717) is 12.8 Å². The quantitative estimate of drug-likeness (QED) is 0.0691. The van der Waals surface area contributed by atoms with E-state index >= 15 is 0 Å². The lowest BCUT2D eigenvalue weighted by molar-refractivity contribution is -0.152. The first-order chi connectivity index (χ1) is 18.2. The number of nitrogens with zero attached hydrogens (tertiary/aromatic N) is 2. The predicted octanol–water partition coefficient (Wildman–Crippen LogP) is 5.20. The number of hydrogen-bond donors (Lipinski definition) is 1. The van der Waals surface area contributed by atoms with E-state index in [0.717, 1.165) is 4.90 Å². The molecule has 234 valence electrons. The van der Waals surface area contributed by atoms with Crippen molar-refractivity contribution in [2.24, 2.45) is 21.3 Å². The minimum Gasteiger partial charge on any atom is -0.462 e. The number of guanidine groups is 1. The zero-order valence-electron chi connectivity index (χ0n) is 25.7. The molecule has 40 heavy (non-hydrogen) atoms. The molecule has 0 amide bonds. The van der Waals surface area contributed by atoms with Gasteiger partial charge in [-0.3, -0.25) is 4.79 Å². The van der Waals surface area contributed by atoms with Crippen LogP contribution in [-0.2, 0) is 42.1 Å². The first-order valence-corrected chi connectivity index (χ1v) is 14.6. The van der Waals surface area contributed by atoms with Crippen molar-refractivity contribution in [2.75, 3.05) is 26.8 Å². The van der Waals surface area contributed by atoms with Crippen LogP contribution in [0.1, 0.15) is 82.1 Å². The van der Waals surface area contributed by atoms with Gasteiger partial charge in [0, 0.05) is 17.9 Å². The number of rotatable bonds is 14. The molecule has 0 rings (SSSR count). The number of ether oxygens (including phenoxy) is 5. The predicted molar refractivity (Wildman–Crippen MR) is 147 cm³/mol. The molecule has 0 spiro atoms. The molecule has 2 atom stereocenters. The molecule has 0 aromatic rings. The van der Waals surface area contributed by atoms with E-state index in [-0.39, 0.29) is 25.9 Å². The summed E-state index contributed by atoms with van der Waals surface area (Å²) in [6, 6.07) is 0. The van der Waals surface area contributed by atoms with Crippen LogP contribution >= 0.6 is 7.75 Å². The number of likely N-dealkylation sites (N-methyl/N-ethyl adjacent to an activating group) is 1. The number of hydrogen-bond acceptors (Lipinski definition) is 11. The Hall–Kier alpha value is -2.57. The standard InChI is InChI=1S/C25H48N3O11P/c1-12-14-33-22(30)36-19(24(5,6)7)38-40(32,27-21(26)28(11)16-18(29)35-17(3)4)39-20(25(8,9)10)37-23(31)34-15-13-2/h17,19-20H,12-16H2,1-11H3,(H2,26,27,32). The van der Waals surface area contributed by atoms with E-state index < -0.39 is 55.4 Å². The van der Waals surface area contributed by atoms with Crippen molar-refractivity contribution in [3.8, 4) is 0 Å². The van der Waals surface area contributed by atoms with Crippen molar-refractivity contribution in [1.29, 1.82) is 0 Å². The Morgan fingerprint density at radius 1 is 0.825 bits per heavy atom. The molecular weight excluding hydrogens is 549 g/mol. The summed E-state index contributed by atoms with van der Waals surface area (Å²) in [6.45, 7) is 16.7. The molecule has 0 radical (unpaired) electrons. The molecule has 0 aliphatic heterocycles. The minimum atomic E-state index is -4.77. The van der Waals surface area contributed by atoms with Crippen LogP contribution in [0.2, 0.25) is 0 Å². The average molecular weight is 598 g/mol. The molecule has 2 N–H and O–H groups in total. The van der Waals surface area contributed by atoms with Gasteiger partial charge in [0.1, 0.15) is 6.54 Å². The van der Waals surface area contributed by atoms with Gasteiger partial charge in [-0.05, 0) is 26.7 Å². The molecule has 0 aromatic heterocycles. The lowest BCUT2D eigenvalue weighted by atomic mass is 9.96. The van der Waals surface area contributed by atoms with Gasteiger partial charge in [0.15, 0.2) is 0 Å². The summed E-state index contributed by atoms with van der Waals surface area (Å²) >= 11 is 0. The Labute approximate surface area is 237 Å². The molecule has 14 nitrogen and oxygen atoms in total. The zero-order valence-corrected chi connectivity index (χ0v) is 26.6. The summed E-state index contributed by atoms with van der Waals surface area (Å²) < 4.78 is 55.2. The third kappa shape index (κ3) is 15.3. The maximum absolute atomic E-state index is 14.2. The van der Waals surface area contributed by atoms with Crippen LogP contribution in [0, 0.1) is 10.8 Å². The number of carbonyl (C=O) groups excluding carboxylic acids is 3. The van der Waals surface area contributed by atoms with Crippen LogP contribution in [0.4, 0.5) is 9.59 Å². The van der Waals surface area contributed by atoms with Gasteiger partial charge in [-0.25, -0.2) is 23.2 Å². The summed E-state index contributed by atoms with van der Waals surface area (Å²) in [4.78, 5) is 37.8. The van der Waals surface area contributed by atoms with Crippen molar-refractivity contribution in [3.63, 3.8) is 0 Å². The van der Waals surface area contributed by atoms with E-state index in [1.807, 2.05) is 0 Å². The van der Waals surface area contributed by atoms with Gasteiger partial charge in [-0.1, -0.05) is 55.4 Å². The number of carbonyl (C=O) groups is 3. The van der Waals surface area contributed by atoms with Crippen LogP contribution in [0.25, 0.3) is 0 Å². The van der Waals surface area contributed by atoms with Crippen molar-refractivity contribution in [1.82, 2.24) is 4.90 Å². The van der Waals surface area contributed by atoms with Gasteiger partial charge in [0.05, 0.1) is 19.3 Å². The Morgan fingerprint density at radius 2 is 1.23 bits per heavy atom. The van der Waals surface area contributed by atoms with Crippen LogP contribution in [0.15, 0.2) is 4.76 Å². The van der Waals surface area contributed by atoms with E-state index in [1.54, 1.807) is 69.2 Å². The number of esters is 1. The third-order valence-electron chi connectivity index (χ3n) is 4.48. The summed E-state index contributed by atoms with van der Waals surface area (Å²) in [6.07, 6.45) is -4.43. The largest absolute Gasteiger partial charge is 0.510 e. The van der Waals surface area contributed by atoms with Gasteiger partial charge < -0.3 is 34.3 Å². The molecule has 0 fully saturated rings. The lowest BCUT2D eigenvalue weighted by Crippen LogP contribution is -2.40. The van der Waals surface area contributed by atoms with Crippen LogP contribution < -0.4 is 5.73 Å². The van der Waals surface area contributed by atoms with Gasteiger partial charge >= 0.3 is 26.0 Å². The topological polar surface area (TPSA) is 175 Å². The highest BCUT2D eigenvalue weighted by Crippen LogP contribution is 2.56. The molecular formula is C25H48N3O11P. The van der Waals surface area contributed by atoms with Crippen LogP contribution in [-0.4, -0.2) is 74.6 Å². The molecule has 0 aromatic carbocycles. The highest BCUT2D eigenvalue weighted by atomic mass is 31.2. The second-order valence-corrected chi connectivity index (χ2v) is 12.9. The molecule has 15 heteroatoms. The molecule has 2 unspecified atom stereocenters. The van der Waals surface area contributed by atoms with Gasteiger partial charge in [0.25, 0.3) is 0 Å². The van der Waals surface area contributed by atoms with E-state index in [9.17, 15) is 18.9 Å². The van der Waals surface area contributed by atoms with E-state index in [4.69, 9.17) is 38.5 Å². The van der Waals surface area contributed by atoms with Gasteiger partial charge in [-0.15, -0.1) is 4.76 Å². The summed E-state index contributed by atoms with van der Waals surface area (Å²) in [5.41, 5.74) is 4.14. The fourth-order valence-electron chi connectivity index (χ4n) is 2.42. The lowest BCUT2D eigenvalue weighted by Gasteiger charge is -2.34. The molecule has 0 saturated carbocycles. The first-order valence-electron chi connectivity index (χ1n) is 13.1. The molecule has 0 aliphatic rings. The normalized spacial score (nSPS) is 15.4. The molecule has 0 heterocycles. The second kappa shape index (κ2) is 16.6. The van der Waals surface area contributed by atoms with Crippen molar-refractivity contribution >= 4 is 32.0 Å². The Bertz CT molecular complexity index is 851. The fraction of sp³-hybridized carbons (Fsp3) is 0.840. The van der Waals surface area contributed by atoms with Crippen molar-refractivity contribution in [3.05, 3.63) is 0 Å². The number of nitrogens with two attached hydrogens (primary N) is 1. The van der Waals surface area contributed by atoms with Crippen LogP contribution in [0.3, 0.4) is 0 Å². The average Bonchev–Trinajstić information content (AvgIpc) is 2.78. The smallest absolute Gasteiger partial charge is 0.462 e. The summed E-state index contributed by atoms with van der Waals surface area (Å²) in [5.74, 6) is -1.04. The molecule has 0 aliphatic carbocycles. The Kier molecular flexibility index (Phi) is 15.6. The summed E-state index contributed by atoms with van der Waals surface area (Å²) in [7, 11) is -3.36. The third-order valence-corrected chi connectivity index (χ3v) is 5.84. The van der Waals surface area contributed by atoms with Gasteiger partial charge in [-0.2, -0.15) is 0 Å². The van der Waals surface area contributed by atoms with Crippen molar-refractivity contribution in [2.45, 2.75) is 101 Å². The highest BCUT2D eigenvalue weighted by Gasteiger charge is 2.44. The Morgan fingerprint density at radius 3 is 1.55 bits per heavy atom. The monoisotopic (exact) mass is 597 g/mol. The van der Waals surface area contributed by atoms with E-state index in [2.05, 4.69) is 4.76 Å². The minimum absolute atomic E-state index is 0.0893. The van der Waals surface area contributed by atoms with Crippen molar-refractivity contribution < 1.29 is 51.7 Å². The highest BCUT2D eigenvalue weighted by molar-refractivity contribution is 7.52.